The van der Waals surface area contributed by atoms with Gasteiger partial charge in [-0.05, 0) is 6.42 Å². The van der Waals surface area contributed by atoms with Crippen LogP contribution in [0.5, 0.6) is 0 Å². The zero-order chi connectivity index (χ0) is 7.56. The summed E-state index contributed by atoms with van der Waals surface area (Å²) in [6.45, 7) is 2.13. The third-order valence-corrected chi connectivity index (χ3v) is 1.58. The lowest BCUT2D eigenvalue weighted by atomic mass is 10.2. The number of rotatable bonds is 2. The van der Waals surface area contributed by atoms with Crippen LogP contribution in [0.25, 0.3) is 0 Å². The number of nitrogen functional groups attached to an aromatic ring is 1. The Bertz CT molecular complexity index is 195. The maximum absolute atomic E-state index is 5.64. The van der Waals surface area contributed by atoms with Crippen LogP contribution >= 0.6 is 0 Å². The molecule has 1 aromatic rings. The quantitative estimate of drug-likeness (QED) is 0.663. The number of hydrogen-bond acceptors (Lipinski definition) is 2. The minimum Gasteiger partial charge on any atom is -0.396 e. The summed E-state index contributed by atoms with van der Waals surface area (Å²) in [4.78, 5) is 0. The summed E-state index contributed by atoms with van der Waals surface area (Å²) < 4.78 is 1.83. The molecule has 0 aliphatic carbocycles. The molecule has 10 heavy (non-hydrogen) atoms. The van der Waals surface area contributed by atoms with Crippen LogP contribution in [-0.2, 0) is 13.5 Å². The summed E-state index contributed by atoms with van der Waals surface area (Å²) >= 11 is 0. The monoisotopic (exact) mass is 139 g/mol. The van der Waals surface area contributed by atoms with Crippen LogP contribution in [0.15, 0.2) is 6.20 Å². The molecule has 0 radical (unpaired) electrons. The van der Waals surface area contributed by atoms with Crippen LogP contribution in [0.2, 0.25) is 0 Å². The molecule has 1 heterocycles. The fraction of sp³-hybridized carbons (Fsp3) is 0.571. The molecule has 56 valence electrons. The fourth-order valence-electron chi connectivity index (χ4n) is 1.02. The first-order valence-corrected chi connectivity index (χ1v) is 3.52. The van der Waals surface area contributed by atoms with Crippen molar-refractivity contribution in [2.75, 3.05) is 5.73 Å². The van der Waals surface area contributed by atoms with E-state index in [-0.39, 0.29) is 0 Å². The summed E-state index contributed by atoms with van der Waals surface area (Å²) in [5.41, 5.74) is 7.59. The number of anilines is 1. The minimum atomic E-state index is 0.810. The lowest BCUT2D eigenvalue weighted by Gasteiger charge is -1.99. The van der Waals surface area contributed by atoms with Crippen LogP contribution < -0.4 is 5.73 Å². The average molecular weight is 139 g/mol. The molecule has 0 atom stereocenters. The van der Waals surface area contributed by atoms with Gasteiger partial charge in [-0.1, -0.05) is 13.3 Å². The summed E-state index contributed by atoms with van der Waals surface area (Å²) in [5, 5.41) is 4.03. The number of aromatic nitrogens is 2. The number of aryl methyl sites for hydroxylation is 1. The second-order valence-corrected chi connectivity index (χ2v) is 2.42. The third-order valence-electron chi connectivity index (χ3n) is 1.58. The van der Waals surface area contributed by atoms with Gasteiger partial charge in [-0.15, -0.1) is 0 Å². The van der Waals surface area contributed by atoms with Crippen molar-refractivity contribution in [3.05, 3.63) is 11.9 Å². The largest absolute Gasteiger partial charge is 0.396 e. The van der Waals surface area contributed by atoms with Gasteiger partial charge in [0.25, 0.3) is 0 Å². The van der Waals surface area contributed by atoms with E-state index in [0.717, 1.165) is 24.2 Å². The first-order valence-electron chi connectivity index (χ1n) is 3.52. The Morgan fingerprint density at radius 3 is 2.80 bits per heavy atom. The van der Waals surface area contributed by atoms with Gasteiger partial charge in [0, 0.05) is 7.05 Å². The summed E-state index contributed by atoms with van der Waals surface area (Å²) in [5.74, 6) is 0. The molecule has 0 aliphatic rings. The van der Waals surface area contributed by atoms with E-state index >= 15 is 0 Å². The first kappa shape index (κ1) is 7.12. The van der Waals surface area contributed by atoms with E-state index in [0.29, 0.717) is 0 Å². The topological polar surface area (TPSA) is 43.8 Å². The van der Waals surface area contributed by atoms with E-state index in [2.05, 4.69) is 12.0 Å². The standard InChI is InChI=1S/C7H13N3/c1-3-4-7-6(8)5-9-10(7)2/h5H,3-4,8H2,1-2H3. The molecule has 0 saturated heterocycles. The molecule has 0 spiro atoms. The molecular formula is C7H13N3. The molecule has 1 rings (SSSR count). The number of nitrogens with two attached hydrogens (primary N) is 1. The normalized spacial score (nSPS) is 10.2. The molecule has 3 nitrogen and oxygen atoms in total. The van der Waals surface area contributed by atoms with E-state index in [1.165, 1.54) is 0 Å². The zero-order valence-electron chi connectivity index (χ0n) is 6.46. The fourth-order valence-corrected chi connectivity index (χ4v) is 1.02. The maximum atomic E-state index is 5.64. The summed E-state index contributed by atoms with van der Waals surface area (Å²) in [6, 6.07) is 0. The van der Waals surface area contributed by atoms with Crippen molar-refractivity contribution in [1.82, 2.24) is 9.78 Å². The van der Waals surface area contributed by atoms with Crippen LogP contribution in [0.4, 0.5) is 5.69 Å². The smallest absolute Gasteiger partial charge is 0.0732 e. The van der Waals surface area contributed by atoms with Crippen LogP contribution in [0.1, 0.15) is 19.0 Å². The van der Waals surface area contributed by atoms with Gasteiger partial charge in [-0.3, -0.25) is 4.68 Å². The highest BCUT2D eigenvalue weighted by molar-refractivity contribution is 5.40. The molecule has 0 fully saturated rings. The van der Waals surface area contributed by atoms with Gasteiger partial charge >= 0.3 is 0 Å². The molecule has 0 aromatic carbocycles. The Balaban J connectivity index is 2.87. The minimum absolute atomic E-state index is 0.810. The van der Waals surface area contributed by atoms with Crippen molar-refractivity contribution >= 4 is 5.69 Å². The predicted octanol–water partition coefficient (Wildman–Crippen LogP) is 0.955. The van der Waals surface area contributed by atoms with Crippen LogP contribution in [0, 0.1) is 0 Å². The lowest BCUT2D eigenvalue weighted by Crippen LogP contribution is -1.99. The van der Waals surface area contributed by atoms with Crippen molar-refractivity contribution < 1.29 is 0 Å². The maximum Gasteiger partial charge on any atom is 0.0732 e. The molecule has 0 amide bonds. The molecular weight excluding hydrogens is 126 g/mol. The molecule has 3 heteroatoms. The van der Waals surface area contributed by atoms with Crippen molar-refractivity contribution in [3.63, 3.8) is 0 Å². The Morgan fingerprint density at radius 1 is 1.70 bits per heavy atom. The highest BCUT2D eigenvalue weighted by Gasteiger charge is 2.01. The van der Waals surface area contributed by atoms with Gasteiger partial charge in [-0.25, -0.2) is 0 Å². The van der Waals surface area contributed by atoms with Gasteiger partial charge in [0.2, 0.25) is 0 Å². The van der Waals surface area contributed by atoms with E-state index < -0.39 is 0 Å². The van der Waals surface area contributed by atoms with E-state index in [4.69, 9.17) is 5.73 Å². The summed E-state index contributed by atoms with van der Waals surface area (Å²) in [6.07, 6.45) is 3.83. The highest BCUT2D eigenvalue weighted by Crippen LogP contribution is 2.10. The molecule has 1 aromatic heterocycles. The van der Waals surface area contributed by atoms with E-state index in [9.17, 15) is 0 Å². The second kappa shape index (κ2) is 2.73. The van der Waals surface area contributed by atoms with Crippen LogP contribution in [0.3, 0.4) is 0 Å². The SMILES string of the molecule is CCCc1c(N)cnn1C. The molecule has 0 aliphatic heterocycles. The van der Waals surface area contributed by atoms with Gasteiger partial charge in [-0.2, -0.15) is 5.10 Å². The highest BCUT2D eigenvalue weighted by atomic mass is 15.3. The summed E-state index contributed by atoms with van der Waals surface area (Å²) in [7, 11) is 1.92. The number of nitrogens with zero attached hydrogens (tertiary/aromatic N) is 2. The predicted molar refractivity (Wildman–Crippen MR) is 41.6 cm³/mol. The van der Waals surface area contributed by atoms with Crippen molar-refractivity contribution in [3.8, 4) is 0 Å². The van der Waals surface area contributed by atoms with Crippen LogP contribution in [-0.4, -0.2) is 9.78 Å². The third kappa shape index (κ3) is 1.12. The molecule has 0 saturated carbocycles. The Hall–Kier alpha value is -0.990. The van der Waals surface area contributed by atoms with Crippen molar-refractivity contribution in [2.45, 2.75) is 19.8 Å². The van der Waals surface area contributed by atoms with E-state index in [1.54, 1.807) is 6.20 Å². The second-order valence-electron chi connectivity index (χ2n) is 2.42. The lowest BCUT2D eigenvalue weighted by molar-refractivity contribution is 0.699. The Kier molecular flexibility index (Phi) is 1.94. The van der Waals surface area contributed by atoms with Crippen molar-refractivity contribution in [2.24, 2.45) is 7.05 Å². The Labute approximate surface area is 60.8 Å². The van der Waals surface area contributed by atoms with Crippen molar-refractivity contribution in [1.29, 1.82) is 0 Å². The van der Waals surface area contributed by atoms with Gasteiger partial charge < -0.3 is 5.73 Å². The van der Waals surface area contributed by atoms with Gasteiger partial charge in [0.15, 0.2) is 0 Å². The Morgan fingerprint density at radius 2 is 2.40 bits per heavy atom. The molecule has 2 N–H and O–H groups in total. The van der Waals surface area contributed by atoms with Gasteiger partial charge in [0.1, 0.15) is 0 Å². The average Bonchev–Trinajstić information content (AvgIpc) is 2.20. The molecule has 0 bridgehead atoms. The molecule has 0 unspecified atom stereocenters. The van der Waals surface area contributed by atoms with E-state index in [1.807, 2.05) is 11.7 Å². The number of hydrogen-bond donors (Lipinski definition) is 1. The first-order chi connectivity index (χ1) is 4.75. The van der Waals surface area contributed by atoms with Gasteiger partial charge in [0.05, 0.1) is 17.6 Å². The zero-order valence-corrected chi connectivity index (χ0v) is 6.46.